The van der Waals surface area contributed by atoms with Crippen molar-refractivity contribution in [2.45, 2.75) is 13.3 Å². The molecule has 0 spiro atoms. The van der Waals surface area contributed by atoms with Crippen molar-refractivity contribution in [1.82, 2.24) is 19.9 Å². The lowest BCUT2D eigenvalue weighted by atomic mass is 9.94. The van der Waals surface area contributed by atoms with Crippen molar-refractivity contribution in [1.29, 1.82) is 0 Å². The molecule has 1 fully saturated rings. The molecule has 1 aromatic carbocycles. The van der Waals surface area contributed by atoms with Crippen LogP contribution in [0.2, 0.25) is 0 Å². The number of hydrogen-bond acceptors (Lipinski definition) is 4. The van der Waals surface area contributed by atoms with Gasteiger partial charge in [0.1, 0.15) is 0 Å². The van der Waals surface area contributed by atoms with E-state index in [4.69, 9.17) is 0 Å². The molecular formula is C18H19N5O. The predicted molar refractivity (Wildman–Crippen MR) is 92.2 cm³/mol. The number of anilines is 1. The second-order valence-electron chi connectivity index (χ2n) is 6.31. The first-order valence-electron chi connectivity index (χ1n) is 8.10. The predicted octanol–water partition coefficient (Wildman–Crippen LogP) is 2.05. The van der Waals surface area contributed by atoms with Crippen LogP contribution in [0.1, 0.15) is 21.6 Å². The molecule has 0 aliphatic carbocycles. The fourth-order valence-corrected chi connectivity index (χ4v) is 2.88. The highest BCUT2D eigenvalue weighted by Gasteiger charge is 2.17. The van der Waals surface area contributed by atoms with Gasteiger partial charge < -0.3 is 10.6 Å². The molecule has 1 saturated heterocycles. The minimum Gasteiger partial charge on any atom is -0.319 e. The SMILES string of the molecule is Cc1cc2ncc(NC(=O)c3ccc(CC4CNC4)cc3)cn2n1. The maximum atomic E-state index is 12.4. The van der Waals surface area contributed by atoms with Crippen molar-refractivity contribution >= 4 is 17.2 Å². The Morgan fingerprint density at radius 1 is 1.33 bits per heavy atom. The molecule has 0 bridgehead atoms. The number of nitrogens with one attached hydrogen (secondary N) is 2. The molecule has 3 heterocycles. The molecule has 0 saturated carbocycles. The van der Waals surface area contributed by atoms with Crippen LogP contribution in [-0.2, 0) is 6.42 Å². The molecule has 2 aromatic heterocycles. The zero-order valence-corrected chi connectivity index (χ0v) is 13.5. The average Bonchev–Trinajstić information content (AvgIpc) is 2.91. The fraction of sp³-hybridized carbons (Fsp3) is 0.278. The van der Waals surface area contributed by atoms with Gasteiger partial charge in [-0.1, -0.05) is 12.1 Å². The smallest absolute Gasteiger partial charge is 0.255 e. The molecule has 2 N–H and O–H groups in total. The second-order valence-corrected chi connectivity index (χ2v) is 6.31. The highest BCUT2D eigenvalue weighted by atomic mass is 16.1. The highest BCUT2D eigenvalue weighted by molar-refractivity contribution is 6.04. The molecule has 6 heteroatoms. The summed E-state index contributed by atoms with van der Waals surface area (Å²) in [5.74, 6) is 0.580. The van der Waals surface area contributed by atoms with Crippen LogP contribution in [0.15, 0.2) is 42.7 Å². The van der Waals surface area contributed by atoms with Crippen LogP contribution in [0.4, 0.5) is 5.69 Å². The van der Waals surface area contributed by atoms with Gasteiger partial charge in [0.05, 0.1) is 23.8 Å². The van der Waals surface area contributed by atoms with Crippen LogP contribution in [0.3, 0.4) is 0 Å². The van der Waals surface area contributed by atoms with E-state index in [9.17, 15) is 4.79 Å². The summed E-state index contributed by atoms with van der Waals surface area (Å²) >= 11 is 0. The van der Waals surface area contributed by atoms with Crippen molar-refractivity contribution < 1.29 is 4.79 Å². The van der Waals surface area contributed by atoms with Gasteiger partial charge in [0.15, 0.2) is 5.65 Å². The molecule has 1 aliphatic heterocycles. The zero-order chi connectivity index (χ0) is 16.5. The summed E-state index contributed by atoms with van der Waals surface area (Å²) in [6.07, 6.45) is 4.48. The zero-order valence-electron chi connectivity index (χ0n) is 13.5. The van der Waals surface area contributed by atoms with Gasteiger partial charge in [-0.2, -0.15) is 5.10 Å². The topological polar surface area (TPSA) is 71.3 Å². The molecule has 0 unspecified atom stereocenters. The molecule has 122 valence electrons. The number of amides is 1. The Balaban J connectivity index is 1.45. The van der Waals surface area contributed by atoms with E-state index in [-0.39, 0.29) is 5.91 Å². The molecule has 1 aliphatic rings. The normalized spacial score (nSPS) is 14.5. The maximum Gasteiger partial charge on any atom is 0.255 e. The second kappa shape index (κ2) is 6.05. The summed E-state index contributed by atoms with van der Waals surface area (Å²) in [7, 11) is 0. The van der Waals surface area contributed by atoms with E-state index >= 15 is 0 Å². The number of hydrogen-bond donors (Lipinski definition) is 2. The number of fused-ring (bicyclic) bond motifs is 1. The molecule has 0 atom stereocenters. The summed E-state index contributed by atoms with van der Waals surface area (Å²) in [6, 6.07) is 9.71. The molecule has 4 rings (SSSR count). The molecule has 6 nitrogen and oxygen atoms in total. The van der Waals surface area contributed by atoms with Gasteiger partial charge in [-0.3, -0.25) is 4.79 Å². The lowest BCUT2D eigenvalue weighted by molar-refractivity contribution is 0.102. The van der Waals surface area contributed by atoms with Crippen LogP contribution in [-0.4, -0.2) is 33.6 Å². The minimum atomic E-state index is -0.142. The fourth-order valence-electron chi connectivity index (χ4n) is 2.88. The summed E-state index contributed by atoms with van der Waals surface area (Å²) < 4.78 is 1.67. The van der Waals surface area contributed by atoms with E-state index in [1.54, 1.807) is 16.9 Å². The van der Waals surface area contributed by atoms with Crippen molar-refractivity contribution in [3.05, 3.63) is 59.5 Å². The average molecular weight is 321 g/mol. The van der Waals surface area contributed by atoms with Crippen molar-refractivity contribution in [2.24, 2.45) is 5.92 Å². The Morgan fingerprint density at radius 2 is 2.12 bits per heavy atom. The Morgan fingerprint density at radius 3 is 2.83 bits per heavy atom. The van der Waals surface area contributed by atoms with E-state index in [0.29, 0.717) is 11.3 Å². The number of carbonyl (C=O) groups excluding carboxylic acids is 1. The van der Waals surface area contributed by atoms with E-state index in [1.165, 1.54) is 5.56 Å². The summed E-state index contributed by atoms with van der Waals surface area (Å²) in [6.45, 7) is 4.09. The van der Waals surface area contributed by atoms with E-state index in [1.807, 2.05) is 37.3 Å². The Labute approximate surface area is 139 Å². The first-order chi connectivity index (χ1) is 11.7. The molecule has 3 aromatic rings. The molecule has 0 radical (unpaired) electrons. The van der Waals surface area contributed by atoms with Gasteiger partial charge in [0.25, 0.3) is 5.91 Å². The first-order valence-corrected chi connectivity index (χ1v) is 8.10. The quantitative estimate of drug-likeness (QED) is 0.771. The summed E-state index contributed by atoms with van der Waals surface area (Å²) in [5, 5.41) is 10.4. The van der Waals surface area contributed by atoms with Gasteiger partial charge in [-0.15, -0.1) is 0 Å². The molecule has 1 amide bonds. The number of aryl methyl sites for hydroxylation is 1. The van der Waals surface area contributed by atoms with Gasteiger partial charge >= 0.3 is 0 Å². The summed E-state index contributed by atoms with van der Waals surface area (Å²) in [5.41, 5.74) is 4.19. The van der Waals surface area contributed by atoms with Gasteiger partial charge in [0.2, 0.25) is 0 Å². The lowest BCUT2D eigenvalue weighted by Crippen LogP contribution is -2.43. The lowest BCUT2D eigenvalue weighted by Gasteiger charge is -2.27. The van der Waals surface area contributed by atoms with Crippen molar-refractivity contribution in [3.63, 3.8) is 0 Å². The van der Waals surface area contributed by atoms with E-state index < -0.39 is 0 Å². The van der Waals surface area contributed by atoms with Crippen LogP contribution >= 0.6 is 0 Å². The van der Waals surface area contributed by atoms with Crippen molar-refractivity contribution in [3.8, 4) is 0 Å². The minimum absolute atomic E-state index is 0.142. The van der Waals surface area contributed by atoms with Crippen LogP contribution < -0.4 is 10.6 Å². The maximum absolute atomic E-state index is 12.4. The van der Waals surface area contributed by atoms with Crippen LogP contribution in [0, 0.1) is 12.8 Å². The van der Waals surface area contributed by atoms with Crippen LogP contribution in [0.25, 0.3) is 5.65 Å². The number of benzene rings is 1. The Hall–Kier alpha value is -2.73. The van der Waals surface area contributed by atoms with Crippen LogP contribution in [0.5, 0.6) is 0 Å². The number of aromatic nitrogens is 3. The number of rotatable bonds is 4. The first kappa shape index (κ1) is 14.8. The highest BCUT2D eigenvalue weighted by Crippen LogP contribution is 2.15. The largest absolute Gasteiger partial charge is 0.319 e. The van der Waals surface area contributed by atoms with Gasteiger partial charge in [-0.05, 0) is 50.0 Å². The molecule has 24 heavy (non-hydrogen) atoms. The Kier molecular flexibility index (Phi) is 3.74. The van der Waals surface area contributed by atoms with E-state index in [2.05, 4.69) is 20.7 Å². The van der Waals surface area contributed by atoms with Gasteiger partial charge in [0, 0.05) is 11.6 Å². The van der Waals surface area contributed by atoms with E-state index in [0.717, 1.165) is 36.8 Å². The number of carbonyl (C=O) groups is 1. The Bertz CT molecular complexity index is 880. The summed E-state index contributed by atoms with van der Waals surface area (Å²) in [4.78, 5) is 16.7. The third kappa shape index (κ3) is 3.00. The standard InChI is InChI=1S/C18H19N5O/c1-12-6-17-20-10-16(11-23(17)22-12)21-18(24)15-4-2-13(3-5-15)7-14-8-19-9-14/h2-6,10-11,14,19H,7-9H2,1H3,(H,21,24). The molecular weight excluding hydrogens is 302 g/mol. The number of nitrogens with zero attached hydrogens (tertiary/aromatic N) is 3. The third-order valence-electron chi connectivity index (χ3n) is 4.30. The third-order valence-corrected chi connectivity index (χ3v) is 4.30. The monoisotopic (exact) mass is 321 g/mol. The van der Waals surface area contributed by atoms with Gasteiger partial charge in [-0.25, -0.2) is 9.50 Å². The van der Waals surface area contributed by atoms with Crippen molar-refractivity contribution in [2.75, 3.05) is 18.4 Å².